The van der Waals surface area contributed by atoms with Gasteiger partial charge in [0.25, 0.3) is 0 Å². The number of carbonyl (C=O) groups is 1. The predicted molar refractivity (Wildman–Crippen MR) is 92.9 cm³/mol. The molecule has 0 saturated carbocycles. The molecule has 0 radical (unpaired) electrons. The minimum atomic E-state index is 0.124. The molecule has 0 spiro atoms. The molecule has 4 rings (SSSR count). The van der Waals surface area contributed by atoms with E-state index in [2.05, 4.69) is 20.7 Å². The highest BCUT2D eigenvalue weighted by atomic mass is 16.2. The minimum absolute atomic E-state index is 0.124. The molecule has 24 heavy (non-hydrogen) atoms. The number of anilines is 1. The van der Waals surface area contributed by atoms with Crippen molar-refractivity contribution in [2.45, 2.75) is 19.3 Å². The zero-order valence-corrected chi connectivity index (χ0v) is 13.5. The Balaban J connectivity index is 1.86. The third-order valence-corrected chi connectivity index (χ3v) is 4.74. The van der Waals surface area contributed by atoms with Crippen LogP contribution in [0, 0.1) is 0 Å². The highest BCUT2D eigenvalue weighted by molar-refractivity contribution is 5.90. The van der Waals surface area contributed by atoms with Gasteiger partial charge in [-0.15, -0.1) is 0 Å². The van der Waals surface area contributed by atoms with Crippen molar-refractivity contribution in [2.24, 2.45) is 0 Å². The first-order valence-corrected chi connectivity index (χ1v) is 8.07. The van der Waals surface area contributed by atoms with Gasteiger partial charge in [0.05, 0.1) is 5.52 Å². The highest BCUT2D eigenvalue weighted by Crippen LogP contribution is 2.35. The molecule has 1 unspecified atom stereocenters. The van der Waals surface area contributed by atoms with E-state index >= 15 is 0 Å². The Morgan fingerprint density at radius 3 is 2.75 bits per heavy atom. The van der Waals surface area contributed by atoms with Crippen LogP contribution >= 0.6 is 0 Å². The van der Waals surface area contributed by atoms with Crippen LogP contribution in [0.15, 0.2) is 42.9 Å². The first-order chi connectivity index (χ1) is 11.6. The Hall–Kier alpha value is -2.89. The Morgan fingerprint density at radius 2 is 2.04 bits per heavy atom. The fourth-order valence-electron chi connectivity index (χ4n) is 3.50. The molecule has 6 heteroatoms. The van der Waals surface area contributed by atoms with E-state index in [1.807, 2.05) is 35.2 Å². The van der Waals surface area contributed by atoms with Crippen LogP contribution in [-0.2, 0) is 4.79 Å². The summed E-state index contributed by atoms with van der Waals surface area (Å²) in [5.74, 6) is 0.866. The summed E-state index contributed by atoms with van der Waals surface area (Å²) in [4.78, 5) is 22.2. The number of nitrogens with two attached hydrogens (primary N) is 1. The standard InChI is InChI=1S/C18H19N5O/c1-12(24)22-8-7-13(9-22)15-10-23(14-5-3-2-4-6-14)17-16(15)20-11-21-18(17)19/h2-6,10-11,13H,7-9H2,1H3,(H2,19,20,21). The summed E-state index contributed by atoms with van der Waals surface area (Å²) in [6, 6.07) is 10.0. The van der Waals surface area contributed by atoms with Gasteiger partial charge in [-0.1, -0.05) is 18.2 Å². The average molecular weight is 321 g/mol. The lowest BCUT2D eigenvalue weighted by Gasteiger charge is -2.13. The Bertz CT molecular complexity index is 902. The van der Waals surface area contributed by atoms with Gasteiger partial charge >= 0.3 is 0 Å². The fourth-order valence-corrected chi connectivity index (χ4v) is 3.50. The summed E-state index contributed by atoms with van der Waals surface area (Å²) < 4.78 is 2.05. The topological polar surface area (TPSA) is 77.0 Å². The quantitative estimate of drug-likeness (QED) is 0.786. The predicted octanol–water partition coefficient (Wildman–Crippen LogP) is 2.34. The average Bonchev–Trinajstić information content (AvgIpc) is 3.21. The molecule has 1 amide bonds. The number of rotatable bonds is 2. The molecule has 3 heterocycles. The van der Waals surface area contributed by atoms with Crippen LogP contribution in [0.2, 0.25) is 0 Å². The van der Waals surface area contributed by atoms with Gasteiger partial charge < -0.3 is 15.2 Å². The van der Waals surface area contributed by atoms with Crippen molar-refractivity contribution in [3.63, 3.8) is 0 Å². The molecule has 0 aliphatic carbocycles. The molecule has 0 bridgehead atoms. The highest BCUT2D eigenvalue weighted by Gasteiger charge is 2.29. The molecule has 1 atom stereocenters. The van der Waals surface area contributed by atoms with Crippen molar-refractivity contribution < 1.29 is 4.79 Å². The van der Waals surface area contributed by atoms with Crippen molar-refractivity contribution in [3.8, 4) is 5.69 Å². The number of para-hydroxylation sites is 1. The number of fused-ring (bicyclic) bond motifs is 1. The van der Waals surface area contributed by atoms with E-state index in [-0.39, 0.29) is 11.8 Å². The number of hydrogen-bond donors (Lipinski definition) is 1. The van der Waals surface area contributed by atoms with Gasteiger partial charge in [-0.3, -0.25) is 4.79 Å². The molecular formula is C18H19N5O. The number of carbonyl (C=O) groups excluding carboxylic acids is 1. The zero-order chi connectivity index (χ0) is 16.7. The molecule has 1 aliphatic rings. The first kappa shape index (κ1) is 14.7. The summed E-state index contributed by atoms with van der Waals surface area (Å²) in [5, 5.41) is 0. The number of nitrogen functional groups attached to an aromatic ring is 1. The van der Waals surface area contributed by atoms with Crippen molar-refractivity contribution in [1.29, 1.82) is 0 Å². The van der Waals surface area contributed by atoms with E-state index in [0.717, 1.165) is 41.8 Å². The molecule has 122 valence electrons. The van der Waals surface area contributed by atoms with Crippen molar-refractivity contribution in [1.82, 2.24) is 19.4 Å². The third-order valence-electron chi connectivity index (χ3n) is 4.74. The van der Waals surface area contributed by atoms with Crippen LogP contribution < -0.4 is 5.73 Å². The van der Waals surface area contributed by atoms with Crippen LogP contribution in [0.5, 0.6) is 0 Å². The van der Waals surface area contributed by atoms with Gasteiger partial charge in [-0.05, 0) is 18.6 Å². The zero-order valence-electron chi connectivity index (χ0n) is 13.5. The Morgan fingerprint density at radius 1 is 1.25 bits per heavy atom. The van der Waals surface area contributed by atoms with E-state index in [4.69, 9.17) is 5.73 Å². The van der Waals surface area contributed by atoms with Gasteiger partial charge in [0.15, 0.2) is 5.82 Å². The number of nitrogens with zero attached hydrogens (tertiary/aromatic N) is 4. The molecule has 6 nitrogen and oxygen atoms in total. The summed E-state index contributed by atoms with van der Waals surface area (Å²) in [5.41, 5.74) is 10.0. The maximum absolute atomic E-state index is 11.6. The van der Waals surface area contributed by atoms with E-state index in [9.17, 15) is 4.79 Å². The van der Waals surface area contributed by atoms with Crippen molar-refractivity contribution in [2.75, 3.05) is 18.8 Å². The number of benzene rings is 1. The smallest absolute Gasteiger partial charge is 0.219 e. The van der Waals surface area contributed by atoms with Crippen LogP contribution in [0.1, 0.15) is 24.8 Å². The molecule has 1 fully saturated rings. The van der Waals surface area contributed by atoms with Crippen molar-refractivity contribution in [3.05, 3.63) is 48.4 Å². The maximum Gasteiger partial charge on any atom is 0.219 e. The SMILES string of the molecule is CC(=O)N1CCC(c2cn(-c3ccccc3)c3c(N)ncnc23)C1. The van der Waals surface area contributed by atoms with Gasteiger partial charge in [-0.25, -0.2) is 9.97 Å². The third kappa shape index (κ3) is 2.31. The summed E-state index contributed by atoms with van der Waals surface area (Å²) >= 11 is 0. The minimum Gasteiger partial charge on any atom is -0.382 e. The maximum atomic E-state index is 11.6. The fraction of sp³-hybridized carbons (Fsp3) is 0.278. The second-order valence-electron chi connectivity index (χ2n) is 6.20. The molecule has 1 aliphatic heterocycles. The van der Waals surface area contributed by atoms with Crippen LogP contribution in [0.3, 0.4) is 0 Å². The molecule has 3 aromatic rings. The molecule has 2 N–H and O–H groups in total. The monoisotopic (exact) mass is 321 g/mol. The molecular weight excluding hydrogens is 302 g/mol. The number of hydrogen-bond acceptors (Lipinski definition) is 4. The number of amides is 1. The number of likely N-dealkylation sites (tertiary alicyclic amines) is 1. The lowest BCUT2D eigenvalue weighted by Crippen LogP contribution is -2.25. The first-order valence-electron chi connectivity index (χ1n) is 8.07. The summed E-state index contributed by atoms with van der Waals surface area (Å²) in [6.45, 7) is 3.14. The summed E-state index contributed by atoms with van der Waals surface area (Å²) in [7, 11) is 0. The molecule has 2 aromatic heterocycles. The van der Waals surface area contributed by atoms with Gasteiger partial charge in [-0.2, -0.15) is 0 Å². The van der Waals surface area contributed by atoms with Gasteiger partial charge in [0.2, 0.25) is 5.91 Å². The normalized spacial score (nSPS) is 17.5. The second kappa shape index (κ2) is 5.63. The van der Waals surface area contributed by atoms with E-state index in [1.54, 1.807) is 6.92 Å². The Labute approximate surface area is 139 Å². The summed E-state index contributed by atoms with van der Waals surface area (Å²) in [6.07, 6.45) is 4.55. The van der Waals surface area contributed by atoms with E-state index < -0.39 is 0 Å². The van der Waals surface area contributed by atoms with Gasteiger partial charge in [0.1, 0.15) is 11.8 Å². The van der Waals surface area contributed by atoms with E-state index in [1.165, 1.54) is 6.33 Å². The van der Waals surface area contributed by atoms with Gasteiger partial charge in [0, 0.05) is 43.4 Å². The lowest BCUT2D eigenvalue weighted by molar-refractivity contribution is -0.127. The van der Waals surface area contributed by atoms with Crippen molar-refractivity contribution >= 4 is 22.8 Å². The van der Waals surface area contributed by atoms with Crippen LogP contribution in [-0.4, -0.2) is 38.4 Å². The Kier molecular flexibility index (Phi) is 3.45. The van der Waals surface area contributed by atoms with Crippen LogP contribution in [0.25, 0.3) is 16.7 Å². The molecule has 1 aromatic carbocycles. The van der Waals surface area contributed by atoms with Crippen LogP contribution in [0.4, 0.5) is 5.82 Å². The number of aromatic nitrogens is 3. The molecule has 1 saturated heterocycles. The lowest BCUT2D eigenvalue weighted by atomic mass is 10.0. The largest absolute Gasteiger partial charge is 0.382 e. The van der Waals surface area contributed by atoms with E-state index in [0.29, 0.717) is 5.82 Å². The second-order valence-corrected chi connectivity index (χ2v) is 6.20.